The highest BCUT2D eigenvalue weighted by atomic mass is 19.4. The van der Waals surface area contributed by atoms with Crippen molar-refractivity contribution in [3.05, 3.63) is 42.1 Å². The minimum atomic E-state index is -4.70. The first-order chi connectivity index (χ1) is 13.3. The largest absolute Gasteiger partial charge is 0.573 e. The van der Waals surface area contributed by atoms with E-state index in [1.54, 1.807) is 19.1 Å². The van der Waals surface area contributed by atoms with Gasteiger partial charge in [-0.25, -0.2) is 9.78 Å². The van der Waals surface area contributed by atoms with E-state index in [4.69, 9.17) is 4.42 Å². The minimum Gasteiger partial charge on any atom is -0.448 e. The fourth-order valence-corrected chi connectivity index (χ4v) is 3.05. The molecule has 10 heteroatoms. The number of nitrogens with zero attached hydrogens (tertiary/aromatic N) is 2. The van der Waals surface area contributed by atoms with Crippen molar-refractivity contribution in [1.29, 1.82) is 0 Å². The molecule has 1 aliphatic rings. The van der Waals surface area contributed by atoms with Crippen molar-refractivity contribution in [3.63, 3.8) is 0 Å². The molecule has 1 aliphatic heterocycles. The van der Waals surface area contributed by atoms with Crippen molar-refractivity contribution in [1.82, 2.24) is 15.6 Å². The van der Waals surface area contributed by atoms with Gasteiger partial charge in [-0.15, -0.1) is 13.2 Å². The number of benzene rings is 1. The maximum atomic E-state index is 12.2. The molecule has 2 amide bonds. The second-order valence-corrected chi connectivity index (χ2v) is 6.56. The summed E-state index contributed by atoms with van der Waals surface area (Å²) in [6, 6.07) is 5.52. The zero-order valence-corrected chi connectivity index (χ0v) is 15.3. The van der Waals surface area contributed by atoms with E-state index in [2.05, 4.69) is 25.3 Å². The Labute approximate surface area is 159 Å². The van der Waals surface area contributed by atoms with Gasteiger partial charge < -0.3 is 24.7 Å². The van der Waals surface area contributed by atoms with E-state index in [1.165, 1.54) is 18.5 Å². The van der Waals surface area contributed by atoms with Crippen LogP contribution in [0.25, 0.3) is 0 Å². The molecule has 1 aromatic heterocycles. The average molecular weight is 398 g/mol. The van der Waals surface area contributed by atoms with E-state index >= 15 is 0 Å². The number of urea groups is 1. The third-order valence-corrected chi connectivity index (χ3v) is 4.53. The number of aromatic nitrogens is 1. The predicted octanol–water partition coefficient (Wildman–Crippen LogP) is 3.21. The van der Waals surface area contributed by atoms with Crippen molar-refractivity contribution in [2.75, 3.05) is 24.5 Å². The Balaban J connectivity index is 1.41. The molecule has 0 bridgehead atoms. The second-order valence-electron chi connectivity index (χ2n) is 6.56. The summed E-state index contributed by atoms with van der Waals surface area (Å²) in [5.41, 5.74) is 1.50. The zero-order valence-electron chi connectivity index (χ0n) is 15.3. The highest BCUT2D eigenvalue weighted by Crippen LogP contribution is 2.28. The number of ether oxygens (including phenoxy) is 1. The molecule has 1 atom stereocenters. The average Bonchev–Trinajstić information content (AvgIpc) is 3.26. The summed E-state index contributed by atoms with van der Waals surface area (Å²) in [5, 5.41) is 5.56. The van der Waals surface area contributed by atoms with E-state index in [-0.39, 0.29) is 24.2 Å². The Morgan fingerprint density at radius 2 is 2.07 bits per heavy atom. The lowest BCUT2D eigenvalue weighted by Crippen LogP contribution is -2.38. The summed E-state index contributed by atoms with van der Waals surface area (Å²) in [4.78, 5) is 18.0. The lowest BCUT2D eigenvalue weighted by molar-refractivity contribution is -0.274. The lowest BCUT2D eigenvalue weighted by atomic mass is 10.1. The van der Waals surface area contributed by atoms with Crippen LogP contribution in [0.15, 0.2) is 35.1 Å². The smallest absolute Gasteiger partial charge is 0.448 e. The SMILES string of the molecule is Cc1ocnc1CNC(=O)NC[C@@H]1CCN(c2ccc(OC(F)(F)F)cc2)C1. The van der Waals surface area contributed by atoms with Crippen molar-refractivity contribution >= 4 is 11.7 Å². The number of rotatable bonds is 6. The Morgan fingerprint density at radius 3 is 2.71 bits per heavy atom. The molecule has 28 heavy (non-hydrogen) atoms. The van der Waals surface area contributed by atoms with E-state index in [0.29, 0.717) is 24.5 Å². The Bertz CT molecular complexity index is 792. The monoisotopic (exact) mass is 398 g/mol. The molecule has 1 fully saturated rings. The molecule has 2 aromatic rings. The summed E-state index contributed by atoms with van der Waals surface area (Å²) in [6.45, 7) is 4.05. The molecular weight excluding hydrogens is 377 g/mol. The van der Waals surface area contributed by atoms with Crippen LogP contribution in [0.4, 0.5) is 23.7 Å². The predicted molar refractivity (Wildman–Crippen MR) is 94.9 cm³/mol. The topological polar surface area (TPSA) is 79.6 Å². The molecular formula is C18H21F3N4O3. The van der Waals surface area contributed by atoms with Crippen LogP contribution in [0, 0.1) is 12.8 Å². The molecule has 152 valence electrons. The van der Waals surface area contributed by atoms with Gasteiger partial charge in [-0.3, -0.25) is 0 Å². The second kappa shape index (κ2) is 8.41. The van der Waals surface area contributed by atoms with Gasteiger partial charge in [0.05, 0.1) is 6.54 Å². The van der Waals surface area contributed by atoms with Gasteiger partial charge in [-0.1, -0.05) is 0 Å². The van der Waals surface area contributed by atoms with Gasteiger partial charge in [-0.2, -0.15) is 0 Å². The highest BCUT2D eigenvalue weighted by Gasteiger charge is 2.31. The number of halogens is 3. The van der Waals surface area contributed by atoms with Gasteiger partial charge in [0.15, 0.2) is 6.39 Å². The minimum absolute atomic E-state index is 0.243. The quantitative estimate of drug-likeness (QED) is 0.781. The molecule has 7 nitrogen and oxygen atoms in total. The molecule has 2 heterocycles. The number of hydrogen-bond acceptors (Lipinski definition) is 5. The maximum absolute atomic E-state index is 12.2. The molecule has 1 saturated heterocycles. The number of carbonyl (C=O) groups is 1. The first kappa shape index (κ1) is 19.8. The number of hydrogen-bond donors (Lipinski definition) is 2. The number of anilines is 1. The van der Waals surface area contributed by atoms with Crippen molar-refractivity contribution < 1.29 is 27.1 Å². The summed E-state index contributed by atoms with van der Waals surface area (Å²) in [7, 11) is 0. The summed E-state index contributed by atoms with van der Waals surface area (Å²) < 4.78 is 45.6. The van der Waals surface area contributed by atoms with Crippen LogP contribution in [0.3, 0.4) is 0 Å². The molecule has 0 radical (unpaired) electrons. The Hall–Kier alpha value is -2.91. The van der Waals surface area contributed by atoms with E-state index in [1.807, 2.05) is 0 Å². The van der Waals surface area contributed by atoms with Crippen LogP contribution in [-0.4, -0.2) is 37.0 Å². The van der Waals surface area contributed by atoms with Gasteiger partial charge in [0.1, 0.15) is 17.2 Å². The Kier molecular flexibility index (Phi) is 5.96. The number of alkyl halides is 3. The van der Waals surface area contributed by atoms with Crippen LogP contribution in [0.2, 0.25) is 0 Å². The first-order valence-corrected chi connectivity index (χ1v) is 8.81. The van der Waals surface area contributed by atoms with Crippen molar-refractivity contribution in [2.24, 2.45) is 5.92 Å². The fourth-order valence-electron chi connectivity index (χ4n) is 3.05. The van der Waals surface area contributed by atoms with Gasteiger partial charge >= 0.3 is 12.4 Å². The molecule has 3 rings (SSSR count). The standard InChI is InChI=1S/C18H21F3N4O3/c1-12-16(24-11-27-12)9-23-17(26)22-8-13-6-7-25(10-13)14-2-4-15(5-3-14)28-18(19,20)21/h2-5,11,13H,6-10H2,1H3,(H2,22,23,26)/t13-/m0/s1. The van der Waals surface area contributed by atoms with E-state index in [9.17, 15) is 18.0 Å². The van der Waals surface area contributed by atoms with Crippen LogP contribution < -0.4 is 20.3 Å². The highest BCUT2D eigenvalue weighted by molar-refractivity contribution is 5.73. The van der Waals surface area contributed by atoms with Crippen molar-refractivity contribution in [3.8, 4) is 5.75 Å². The van der Waals surface area contributed by atoms with Crippen LogP contribution >= 0.6 is 0 Å². The first-order valence-electron chi connectivity index (χ1n) is 8.81. The fraction of sp³-hybridized carbons (Fsp3) is 0.444. The van der Waals surface area contributed by atoms with Crippen molar-refractivity contribution in [2.45, 2.75) is 26.3 Å². The van der Waals surface area contributed by atoms with Crippen LogP contribution in [0.5, 0.6) is 5.75 Å². The van der Waals surface area contributed by atoms with Gasteiger partial charge in [0.25, 0.3) is 0 Å². The lowest BCUT2D eigenvalue weighted by Gasteiger charge is -2.19. The van der Waals surface area contributed by atoms with Crippen LogP contribution in [0.1, 0.15) is 17.9 Å². The van der Waals surface area contributed by atoms with Gasteiger partial charge in [0.2, 0.25) is 0 Å². The summed E-state index contributed by atoms with van der Waals surface area (Å²) >= 11 is 0. The molecule has 2 N–H and O–H groups in total. The van der Waals surface area contributed by atoms with Gasteiger partial charge in [-0.05, 0) is 43.5 Å². The maximum Gasteiger partial charge on any atom is 0.573 e. The summed E-state index contributed by atoms with van der Waals surface area (Å²) in [6.07, 6.45) is -2.48. The number of amides is 2. The number of aryl methyl sites for hydroxylation is 1. The number of oxazole rings is 1. The molecule has 1 aromatic carbocycles. The zero-order chi connectivity index (χ0) is 20.1. The Morgan fingerprint density at radius 1 is 1.32 bits per heavy atom. The van der Waals surface area contributed by atoms with E-state index in [0.717, 1.165) is 18.7 Å². The third-order valence-electron chi connectivity index (χ3n) is 4.53. The number of nitrogens with one attached hydrogen (secondary N) is 2. The van der Waals surface area contributed by atoms with Gasteiger partial charge in [0, 0.05) is 25.3 Å². The third kappa shape index (κ3) is 5.54. The molecule has 0 aliphatic carbocycles. The normalized spacial score (nSPS) is 16.9. The molecule has 0 saturated carbocycles. The number of carbonyl (C=O) groups excluding carboxylic acids is 1. The van der Waals surface area contributed by atoms with Crippen LogP contribution in [-0.2, 0) is 6.54 Å². The van der Waals surface area contributed by atoms with E-state index < -0.39 is 6.36 Å². The molecule has 0 unspecified atom stereocenters. The molecule has 0 spiro atoms. The summed E-state index contributed by atoms with van der Waals surface area (Å²) in [5.74, 6) is 0.678.